The molecule has 1 aromatic carbocycles. The zero-order valence-corrected chi connectivity index (χ0v) is 14.3. The number of phenols is 1. The number of carbonyl (C=O) groups is 2. The van der Waals surface area contributed by atoms with Crippen molar-refractivity contribution in [3.63, 3.8) is 0 Å². The van der Waals surface area contributed by atoms with Crippen LogP contribution in [0.2, 0.25) is 0 Å². The zero-order chi connectivity index (χ0) is 18.1. The lowest BCUT2D eigenvalue weighted by Gasteiger charge is -2.33. The normalized spacial score (nSPS) is 20.0. The summed E-state index contributed by atoms with van der Waals surface area (Å²) in [6.45, 7) is 2.63. The summed E-state index contributed by atoms with van der Waals surface area (Å²) in [5.41, 5.74) is 2.09. The third-order valence-corrected chi connectivity index (χ3v) is 5.15. The number of phenolic OH excluding ortho intramolecular Hbond substituents is 1. The van der Waals surface area contributed by atoms with Crippen LogP contribution in [0.3, 0.4) is 0 Å². The molecule has 4 rings (SSSR count). The molecule has 1 aromatic heterocycles. The highest BCUT2D eigenvalue weighted by molar-refractivity contribution is 5.98. The first-order valence-corrected chi connectivity index (χ1v) is 8.77. The van der Waals surface area contributed by atoms with E-state index in [2.05, 4.69) is 9.97 Å². The SMILES string of the molecule is O=CN1CCN(c2ncc3c(n2)CC(c2ccccc2O)CC3=O)CC1. The molecule has 0 bridgehead atoms. The van der Waals surface area contributed by atoms with Crippen molar-refractivity contribution in [3.8, 4) is 5.75 Å². The molecule has 0 radical (unpaired) electrons. The molecule has 26 heavy (non-hydrogen) atoms. The highest BCUT2D eigenvalue weighted by Crippen LogP contribution is 2.36. The number of aromatic nitrogens is 2. The number of piperazine rings is 1. The molecule has 1 unspecified atom stereocenters. The summed E-state index contributed by atoms with van der Waals surface area (Å²) in [6.07, 6.45) is 3.43. The maximum absolute atomic E-state index is 12.5. The monoisotopic (exact) mass is 352 g/mol. The number of hydrogen-bond donors (Lipinski definition) is 1. The first-order chi connectivity index (χ1) is 12.7. The van der Waals surface area contributed by atoms with Crippen molar-refractivity contribution < 1.29 is 14.7 Å². The number of carbonyl (C=O) groups excluding carboxylic acids is 2. The Labute approximate surface area is 151 Å². The van der Waals surface area contributed by atoms with Crippen molar-refractivity contribution in [3.05, 3.63) is 47.3 Å². The predicted octanol–water partition coefficient (Wildman–Crippen LogP) is 1.37. The topological polar surface area (TPSA) is 86.6 Å². The summed E-state index contributed by atoms with van der Waals surface area (Å²) in [4.78, 5) is 36.2. The van der Waals surface area contributed by atoms with Crippen molar-refractivity contribution >= 4 is 18.1 Å². The Hall–Kier alpha value is -2.96. The van der Waals surface area contributed by atoms with E-state index in [1.165, 1.54) is 0 Å². The van der Waals surface area contributed by atoms with E-state index in [0.29, 0.717) is 50.5 Å². The van der Waals surface area contributed by atoms with E-state index in [1.54, 1.807) is 23.2 Å². The lowest BCUT2D eigenvalue weighted by molar-refractivity contribution is -0.118. The van der Waals surface area contributed by atoms with Crippen molar-refractivity contribution in [2.45, 2.75) is 18.8 Å². The molecule has 1 N–H and O–H groups in total. The van der Waals surface area contributed by atoms with Gasteiger partial charge in [-0.15, -0.1) is 0 Å². The van der Waals surface area contributed by atoms with Crippen molar-refractivity contribution in [1.29, 1.82) is 0 Å². The molecule has 0 saturated carbocycles. The van der Waals surface area contributed by atoms with Crippen LogP contribution in [0, 0.1) is 0 Å². The minimum Gasteiger partial charge on any atom is -0.508 e. The Bertz CT molecular complexity index is 846. The molecular formula is C19H20N4O3. The van der Waals surface area contributed by atoms with E-state index in [1.807, 2.05) is 17.0 Å². The van der Waals surface area contributed by atoms with E-state index in [4.69, 9.17) is 0 Å². The number of benzene rings is 1. The van der Waals surface area contributed by atoms with Crippen LogP contribution in [0.5, 0.6) is 5.75 Å². The van der Waals surface area contributed by atoms with Crippen LogP contribution in [0.1, 0.15) is 34.0 Å². The van der Waals surface area contributed by atoms with Crippen LogP contribution in [0.4, 0.5) is 5.95 Å². The zero-order valence-electron chi connectivity index (χ0n) is 14.3. The van der Waals surface area contributed by atoms with Crippen LogP contribution in [-0.4, -0.2) is 58.3 Å². The van der Waals surface area contributed by atoms with Gasteiger partial charge >= 0.3 is 0 Å². The molecule has 2 aliphatic rings. The number of ketones is 1. The quantitative estimate of drug-likeness (QED) is 0.840. The Morgan fingerprint density at radius 3 is 2.62 bits per heavy atom. The molecule has 134 valence electrons. The summed E-state index contributed by atoms with van der Waals surface area (Å²) in [6, 6.07) is 7.15. The summed E-state index contributed by atoms with van der Waals surface area (Å²) in [5.74, 6) is 0.746. The minimum atomic E-state index is -0.0779. The number of para-hydroxylation sites is 1. The van der Waals surface area contributed by atoms with Crippen molar-refractivity contribution in [2.75, 3.05) is 31.1 Å². The molecule has 2 aromatic rings. The second-order valence-electron chi connectivity index (χ2n) is 6.75. The average Bonchev–Trinajstić information content (AvgIpc) is 2.68. The van der Waals surface area contributed by atoms with Crippen LogP contribution >= 0.6 is 0 Å². The van der Waals surface area contributed by atoms with Gasteiger partial charge in [0, 0.05) is 44.7 Å². The number of aromatic hydroxyl groups is 1. The number of Topliss-reactive ketones (excluding diaryl/α,β-unsaturated/α-hetero) is 1. The van der Waals surface area contributed by atoms with Gasteiger partial charge in [-0.25, -0.2) is 9.97 Å². The summed E-state index contributed by atoms with van der Waals surface area (Å²) < 4.78 is 0. The molecule has 1 saturated heterocycles. The standard InChI is InChI=1S/C19H20N4O3/c24-12-22-5-7-23(8-6-22)19-20-11-15-16(21-19)9-13(10-18(15)26)14-3-1-2-4-17(14)25/h1-4,11-13,25H,5-10H2. The molecule has 1 atom stereocenters. The lowest BCUT2D eigenvalue weighted by atomic mass is 9.82. The summed E-state index contributed by atoms with van der Waals surface area (Å²) in [5, 5.41) is 10.1. The van der Waals surface area contributed by atoms with E-state index in [9.17, 15) is 14.7 Å². The molecule has 7 nitrogen and oxygen atoms in total. The van der Waals surface area contributed by atoms with Gasteiger partial charge < -0.3 is 14.9 Å². The van der Waals surface area contributed by atoms with Gasteiger partial charge in [0.15, 0.2) is 5.78 Å². The molecule has 1 aliphatic heterocycles. The largest absolute Gasteiger partial charge is 0.508 e. The fraction of sp³-hybridized carbons (Fsp3) is 0.368. The van der Waals surface area contributed by atoms with Gasteiger partial charge in [-0.2, -0.15) is 0 Å². The Morgan fingerprint density at radius 2 is 1.88 bits per heavy atom. The smallest absolute Gasteiger partial charge is 0.225 e. The predicted molar refractivity (Wildman–Crippen MR) is 95.4 cm³/mol. The molecule has 1 fully saturated rings. The van der Waals surface area contributed by atoms with Crippen molar-refractivity contribution in [2.24, 2.45) is 0 Å². The molecule has 7 heteroatoms. The van der Waals surface area contributed by atoms with Gasteiger partial charge in [0.1, 0.15) is 5.75 Å². The molecular weight excluding hydrogens is 332 g/mol. The second-order valence-corrected chi connectivity index (χ2v) is 6.75. The summed E-state index contributed by atoms with van der Waals surface area (Å²) >= 11 is 0. The van der Waals surface area contributed by atoms with Gasteiger partial charge in [-0.1, -0.05) is 18.2 Å². The van der Waals surface area contributed by atoms with E-state index < -0.39 is 0 Å². The van der Waals surface area contributed by atoms with Gasteiger partial charge in [-0.05, 0) is 18.1 Å². The van der Waals surface area contributed by atoms with Gasteiger partial charge in [0.05, 0.1) is 11.3 Å². The number of fused-ring (bicyclic) bond motifs is 1. The lowest BCUT2D eigenvalue weighted by Crippen LogP contribution is -2.46. The van der Waals surface area contributed by atoms with Crippen LogP contribution in [0.25, 0.3) is 0 Å². The van der Waals surface area contributed by atoms with Crippen LogP contribution in [-0.2, 0) is 11.2 Å². The Balaban J connectivity index is 1.59. The number of hydrogen-bond acceptors (Lipinski definition) is 6. The van der Waals surface area contributed by atoms with E-state index >= 15 is 0 Å². The number of rotatable bonds is 3. The Morgan fingerprint density at radius 1 is 1.12 bits per heavy atom. The fourth-order valence-corrected chi connectivity index (χ4v) is 3.67. The minimum absolute atomic E-state index is 0.0110. The highest BCUT2D eigenvalue weighted by atomic mass is 16.3. The molecule has 1 aliphatic carbocycles. The van der Waals surface area contributed by atoms with E-state index in [0.717, 1.165) is 17.7 Å². The first kappa shape index (κ1) is 16.5. The maximum atomic E-state index is 12.5. The highest BCUT2D eigenvalue weighted by Gasteiger charge is 2.30. The van der Waals surface area contributed by atoms with Gasteiger partial charge in [0.25, 0.3) is 0 Å². The third-order valence-electron chi connectivity index (χ3n) is 5.15. The van der Waals surface area contributed by atoms with Gasteiger partial charge in [0.2, 0.25) is 12.4 Å². The molecule has 2 heterocycles. The average molecular weight is 352 g/mol. The maximum Gasteiger partial charge on any atom is 0.225 e. The van der Waals surface area contributed by atoms with Crippen LogP contribution < -0.4 is 4.90 Å². The molecule has 1 amide bonds. The second kappa shape index (κ2) is 6.74. The van der Waals surface area contributed by atoms with Crippen molar-refractivity contribution in [1.82, 2.24) is 14.9 Å². The van der Waals surface area contributed by atoms with Crippen LogP contribution in [0.15, 0.2) is 30.5 Å². The fourth-order valence-electron chi connectivity index (χ4n) is 3.67. The number of nitrogens with zero attached hydrogens (tertiary/aromatic N) is 4. The number of anilines is 1. The number of amides is 1. The van der Waals surface area contributed by atoms with E-state index in [-0.39, 0.29) is 17.5 Å². The molecule has 0 spiro atoms. The van der Waals surface area contributed by atoms with Gasteiger partial charge in [-0.3, -0.25) is 9.59 Å². The first-order valence-electron chi connectivity index (χ1n) is 8.77. The summed E-state index contributed by atoms with van der Waals surface area (Å²) in [7, 11) is 0. The third kappa shape index (κ3) is 3.00. The Kier molecular flexibility index (Phi) is 4.28.